The molecular weight excluding hydrogens is 325 g/mol. The first-order valence-corrected chi connectivity index (χ1v) is 7.51. The lowest BCUT2D eigenvalue weighted by Crippen LogP contribution is -2.30. The first-order chi connectivity index (χ1) is 10.5. The molecule has 3 rings (SSSR count). The average molecular weight is 338 g/mol. The summed E-state index contributed by atoms with van der Waals surface area (Å²) in [6, 6.07) is 10.7. The van der Waals surface area contributed by atoms with Crippen molar-refractivity contribution in [2.75, 3.05) is 6.61 Å². The fourth-order valence-electron chi connectivity index (χ4n) is 2.59. The van der Waals surface area contributed by atoms with Crippen molar-refractivity contribution in [1.29, 1.82) is 0 Å². The second-order valence-electron chi connectivity index (χ2n) is 5.05. The summed E-state index contributed by atoms with van der Waals surface area (Å²) in [5.74, 6) is 0.679. The Kier molecular flexibility index (Phi) is 4.14. The number of ether oxygens (including phenoxy) is 1. The quantitative estimate of drug-likeness (QED) is 0.831. The smallest absolute Gasteiger partial charge is 0.405 e. The minimum Gasteiger partial charge on any atom is -0.493 e. The number of fused-ring (bicyclic) bond motifs is 1. The third-order valence-corrected chi connectivity index (χ3v) is 3.98. The van der Waals surface area contributed by atoms with Crippen molar-refractivity contribution in [2.24, 2.45) is 0 Å². The highest BCUT2D eigenvalue weighted by Gasteiger charge is 2.23. The standard InChI is InChI=1S/C16H13Cl2NO3/c17-11-5-10(6-12(18)8-11)9-1-2-13-14(19-16(20)21)3-4-22-15(13)7-9/h1-2,5-8,14,19H,3-4H2,(H,20,21). The molecule has 2 aromatic carbocycles. The van der Waals surface area contributed by atoms with Gasteiger partial charge >= 0.3 is 6.09 Å². The van der Waals surface area contributed by atoms with Crippen molar-refractivity contribution in [3.63, 3.8) is 0 Å². The summed E-state index contributed by atoms with van der Waals surface area (Å²) in [4.78, 5) is 10.9. The van der Waals surface area contributed by atoms with E-state index in [0.717, 1.165) is 16.7 Å². The van der Waals surface area contributed by atoms with Gasteiger partial charge in [0.2, 0.25) is 0 Å². The summed E-state index contributed by atoms with van der Waals surface area (Å²) >= 11 is 12.1. The van der Waals surface area contributed by atoms with Crippen LogP contribution in [0.15, 0.2) is 36.4 Å². The lowest BCUT2D eigenvalue weighted by atomic mass is 9.96. The zero-order valence-corrected chi connectivity index (χ0v) is 13.0. The molecule has 0 radical (unpaired) electrons. The first-order valence-electron chi connectivity index (χ1n) is 6.75. The molecule has 0 aromatic heterocycles. The highest BCUT2D eigenvalue weighted by atomic mass is 35.5. The molecule has 0 fully saturated rings. The van der Waals surface area contributed by atoms with Crippen LogP contribution in [-0.4, -0.2) is 17.8 Å². The van der Waals surface area contributed by atoms with Crippen molar-refractivity contribution in [3.8, 4) is 16.9 Å². The summed E-state index contributed by atoms with van der Waals surface area (Å²) in [5, 5.41) is 12.5. The summed E-state index contributed by atoms with van der Waals surface area (Å²) in [6.07, 6.45) is -0.426. The minimum atomic E-state index is -1.04. The van der Waals surface area contributed by atoms with Gasteiger partial charge in [0.25, 0.3) is 0 Å². The van der Waals surface area contributed by atoms with Gasteiger partial charge in [-0.05, 0) is 35.4 Å². The molecule has 0 saturated carbocycles. The molecule has 0 saturated heterocycles. The van der Waals surface area contributed by atoms with Crippen LogP contribution in [0.4, 0.5) is 4.79 Å². The molecule has 1 unspecified atom stereocenters. The van der Waals surface area contributed by atoms with E-state index in [-0.39, 0.29) is 6.04 Å². The molecule has 1 amide bonds. The van der Waals surface area contributed by atoms with Crippen LogP contribution in [0.3, 0.4) is 0 Å². The zero-order chi connectivity index (χ0) is 15.7. The maximum absolute atomic E-state index is 10.9. The number of hydrogen-bond donors (Lipinski definition) is 2. The van der Waals surface area contributed by atoms with Gasteiger partial charge in [-0.25, -0.2) is 4.79 Å². The zero-order valence-electron chi connectivity index (χ0n) is 11.5. The summed E-state index contributed by atoms with van der Waals surface area (Å²) in [5.41, 5.74) is 2.64. The van der Waals surface area contributed by atoms with Gasteiger partial charge in [-0.15, -0.1) is 0 Å². The highest BCUT2D eigenvalue weighted by molar-refractivity contribution is 6.35. The highest BCUT2D eigenvalue weighted by Crippen LogP contribution is 2.36. The molecule has 2 N–H and O–H groups in total. The lowest BCUT2D eigenvalue weighted by molar-refractivity contribution is 0.182. The number of amides is 1. The molecule has 1 aliphatic rings. The normalized spacial score (nSPS) is 16.5. The summed E-state index contributed by atoms with van der Waals surface area (Å²) in [7, 11) is 0. The van der Waals surface area contributed by atoms with E-state index in [2.05, 4.69) is 5.32 Å². The first kappa shape index (κ1) is 15.0. The molecule has 0 aliphatic carbocycles. The molecule has 6 heteroatoms. The van der Waals surface area contributed by atoms with Crippen molar-refractivity contribution in [2.45, 2.75) is 12.5 Å². The van der Waals surface area contributed by atoms with E-state index in [1.807, 2.05) is 30.3 Å². The summed E-state index contributed by atoms with van der Waals surface area (Å²) in [6.45, 7) is 0.470. The van der Waals surface area contributed by atoms with Crippen LogP contribution in [0.1, 0.15) is 18.0 Å². The number of benzene rings is 2. The van der Waals surface area contributed by atoms with Gasteiger partial charge in [0.1, 0.15) is 5.75 Å². The van der Waals surface area contributed by atoms with Gasteiger partial charge in [0, 0.05) is 22.0 Å². The molecule has 0 spiro atoms. The van der Waals surface area contributed by atoms with Gasteiger partial charge in [0.05, 0.1) is 12.6 Å². The van der Waals surface area contributed by atoms with Crippen molar-refractivity contribution in [1.82, 2.24) is 5.32 Å². The molecular formula is C16H13Cl2NO3. The van der Waals surface area contributed by atoms with E-state index in [4.69, 9.17) is 33.0 Å². The van der Waals surface area contributed by atoms with Crippen LogP contribution in [0.2, 0.25) is 10.0 Å². The van der Waals surface area contributed by atoms with Crippen molar-refractivity contribution >= 4 is 29.3 Å². The molecule has 1 heterocycles. The Hall–Kier alpha value is -1.91. The van der Waals surface area contributed by atoms with Gasteiger partial charge in [-0.3, -0.25) is 0 Å². The number of nitrogens with one attached hydrogen (secondary N) is 1. The second kappa shape index (κ2) is 6.07. The Balaban J connectivity index is 1.98. The number of carboxylic acid groups (broad SMARTS) is 1. The maximum atomic E-state index is 10.9. The Bertz CT molecular complexity index is 713. The molecule has 2 aromatic rings. The van der Waals surface area contributed by atoms with Crippen LogP contribution in [0.25, 0.3) is 11.1 Å². The largest absolute Gasteiger partial charge is 0.493 e. The Labute approximate surface area is 137 Å². The van der Waals surface area contributed by atoms with Crippen molar-refractivity contribution < 1.29 is 14.6 Å². The summed E-state index contributed by atoms with van der Waals surface area (Å²) < 4.78 is 5.66. The molecule has 1 aliphatic heterocycles. The van der Waals surface area contributed by atoms with Gasteiger partial charge in [-0.2, -0.15) is 0 Å². The van der Waals surface area contributed by atoms with E-state index >= 15 is 0 Å². The molecule has 22 heavy (non-hydrogen) atoms. The van der Waals surface area contributed by atoms with Crippen LogP contribution in [-0.2, 0) is 0 Å². The average Bonchev–Trinajstić information content (AvgIpc) is 2.45. The van der Waals surface area contributed by atoms with Crippen LogP contribution in [0.5, 0.6) is 5.75 Å². The molecule has 0 bridgehead atoms. The van der Waals surface area contributed by atoms with Crippen molar-refractivity contribution in [3.05, 3.63) is 52.0 Å². The Morgan fingerprint density at radius 2 is 1.86 bits per heavy atom. The van der Waals surface area contributed by atoms with Gasteiger partial charge in [0.15, 0.2) is 0 Å². The van der Waals surface area contributed by atoms with Crippen LogP contribution >= 0.6 is 23.2 Å². The van der Waals surface area contributed by atoms with Gasteiger partial charge < -0.3 is 15.2 Å². The number of halogens is 2. The fourth-order valence-corrected chi connectivity index (χ4v) is 3.11. The van der Waals surface area contributed by atoms with E-state index in [1.54, 1.807) is 6.07 Å². The van der Waals surface area contributed by atoms with E-state index < -0.39 is 6.09 Å². The second-order valence-corrected chi connectivity index (χ2v) is 5.92. The molecule has 1 atom stereocenters. The van der Waals surface area contributed by atoms with Gasteiger partial charge in [-0.1, -0.05) is 35.3 Å². The minimum absolute atomic E-state index is 0.252. The van der Waals surface area contributed by atoms with E-state index in [9.17, 15) is 4.79 Å². The predicted molar refractivity (Wildman–Crippen MR) is 85.9 cm³/mol. The Morgan fingerprint density at radius 1 is 1.14 bits per heavy atom. The molecule has 114 valence electrons. The SMILES string of the molecule is O=C(O)NC1CCOc2cc(-c3cc(Cl)cc(Cl)c3)ccc21. The fraction of sp³-hybridized carbons (Fsp3) is 0.188. The predicted octanol–water partition coefficient (Wildman–Crippen LogP) is 4.75. The monoisotopic (exact) mass is 337 g/mol. The molecule has 4 nitrogen and oxygen atoms in total. The number of hydrogen-bond acceptors (Lipinski definition) is 2. The van der Waals surface area contributed by atoms with Crippen LogP contribution in [0, 0.1) is 0 Å². The van der Waals surface area contributed by atoms with E-state index in [1.165, 1.54) is 0 Å². The third kappa shape index (κ3) is 3.13. The van der Waals surface area contributed by atoms with Crippen LogP contribution < -0.4 is 10.1 Å². The maximum Gasteiger partial charge on any atom is 0.405 e. The number of rotatable bonds is 2. The third-order valence-electron chi connectivity index (χ3n) is 3.55. The van der Waals surface area contributed by atoms with E-state index in [0.29, 0.717) is 28.8 Å². The lowest BCUT2D eigenvalue weighted by Gasteiger charge is -2.26. The number of carbonyl (C=O) groups is 1. The topological polar surface area (TPSA) is 58.6 Å². The Morgan fingerprint density at radius 3 is 2.55 bits per heavy atom.